The maximum absolute atomic E-state index is 10.7. The van der Waals surface area contributed by atoms with Gasteiger partial charge in [0.1, 0.15) is 0 Å². The van der Waals surface area contributed by atoms with Crippen LogP contribution in [0.4, 0.5) is 5.69 Å². The second-order valence-corrected chi connectivity index (χ2v) is 5.12. The molecule has 0 saturated carbocycles. The number of hydrogen-bond donors (Lipinski definition) is 3. The van der Waals surface area contributed by atoms with E-state index in [1.54, 1.807) is 12.1 Å². The Bertz CT molecular complexity index is 482. The molecular formula is C13H18N2O5. The van der Waals surface area contributed by atoms with E-state index in [1.165, 1.54) is 12.1 Å². The Morgan fingerprint density at radius 1 is 1.35 bits per heavy atom. The van der Waals surface area contributed by atoms with E-state index in [0.717, 1.165) is 5.56 Å². The van der Waals surface area contributed by atoms with Gasteiger partial charge in [0.05, 0.1) is 17.1 Å². The molecule has 1 aromatic rings. The van der Waals surface area contributed by atoms with Gasteiger partial charge < -0.3 is 15.3 Å². The number of aliphatic hydroxyl groups is 3. The first kappa shape index (κ1) is 14.9. The number of nitro benzene ring substituents is 1. The molecule has 3 unspecified atom stereocenters. The van der Waals surface area contributed by atoms with Crippen LogP contribution in [-0.4, -0.2) is 57.0 Å². The Hall–Kier alpha value is -1.54. The van der Waals surface area contributed by atoms with Gasteiger partial charge in [-0.15, -0.1) is 0 Å². The number of aliphatic hydroxyl groups excluding tert-OH is 3. The summed E-state index contributed by atoms with van der Waals surface area (Å²) in [5.74, 6) is -0.405. The van der Waals surface area contributed by atoms with Crippen LogP contribution in [0.2, 0.25) is 0 Å². The fraction of sp³-hybridized carbons (Fsp3) is 0.538. The van der Waals surface area contributed by atoms with Crippen LogP contribution < -0.4 is 0 Å². The average Bonchev–Trinajstić information content (AvgIpc) is 2.43. The predicted octanol–water partition coefficient (Wildman–Crippen LogP) is -0.259. The van der Waals surface area contributed by atoms with Crippen molar-refractivity contribution in [2.45, 2.75) is 18.8 Å². The lowest BCUT2D eigenvalue weighted by Crippen LogP contribution is -2.53. The molecule has 7 nitrogen and oxygen atoms in total. The number of nitrogens with zero attached hydrogens (tertiary/aromatic N) is 2. The van der Waals surface area contributed by atoms with Crippen molar-refractivity contribution >= 4 is 5.69 Å². The Labute approximate surface area is 116 Å². The SMILES string of the molecule is O=[N+]([O-])c1cccc(CN2CC(O)C(O)C(CO)C2)c1. The Balaban J connectivity index is 2.06. The zero-order valence-electron chi connectivity index (χ0n) is 10.9. The largest absolute Gasteiger partial charge is 0.396 e. The number of likely N-dealkylation sites (tertiary alicyclic amines) is 1. The van der Waals surface area contributed by atoms with Crippen molar-refractivity contribution in [1.82, 2.24) is 4.90 Å². The molecule has 110 valence electrons. The molecule has 0 spiro atoms. The number of β-amino-alcohol motifs (C(OH)–C–C–N with tert-alkyl or cyclic N) is 1. The second kappa shape index (κ2) is 6.27. The first-order valence-corrected chi connectivity index (χ1v) is 6.44. The van der Waals surface area contributed by atoms with Crippen LogP contribution in [0.15, 0.2) is 24.3 Å². The molecule has 0 aromatic heterocycles. The van der Waals surface area contributed by atoms with Gasteiger partial charge in [-0.05, 0) is 5.56 Å². The summed E-state index contributed by atoms with van der Waals surface area (Å²) < 4.78 is 0. The van der Waals surface area contributed by atoms with Crippen molar-refractivity contribution in [2.75, 3.05) is 19.7 Å². The highest BCUT2D eigenvalue weighted by Crippen LogP contribution is 2.21. The number of piperidine rings is 1. The van der Waals surface area contributed by atoms with Gasteiger partial charge in [-0.1, -0.05) is 12.1 Å². The third kappa shape index (κ3) is 3.31. The monoisotopic (exact) mass is 282 g/mol. The molecule has 0 bridgehead atoms. The third-order valence-electron chi connectivity index (χ3n) is 3.58. The number of rotatable bonds is 4. The van der Waals surface area contributed by atoms with Crippen molar-refractivity contribution in [3.8, 4) is 0 Å². The van der Waals surface area contributed by atoms with Crippen LogP contribution in [0.5, 0.6) is 0 Å². The first-order chi connectivity index (χ1) is 9.51. The smallest absolute Gasteiger partial charge is 0.269 e. The summed E-state index contributed by atoms with van der Waals surface area (Å²) in [5, 5.41) is 39.4. The van der Waals surface area contributed by atoms with Gasteiger partial charge in [0.25, 0.3) is 5.69 Å². The van der Waals surface area contributed by atoms with Gasteiger partial charge in [0, 0.05) is 44.3 Å². The van der Waals surface area contributed by atoms with Gasteiger partial charge in [-0.25, -0.2) is 0 Å². The molecule has 1 aromatic carbocycles. The molecule has 7 heteroatoms. The predicted molar refractivity (Wildman–Crippen MR) is 71.0 cm³/mol. The summed E-state index contributed by atoms with van der Waals surface area (Å²) in [4.78, 5) is 12.1. The minimum absolute atomic E-state index is 0.0267. The minimum Gasteiger partial charge on any atom is -0.396 e. The van der Waals surface area contributed by atoms with Crippen LogP contribution in [0, 0.1) is 16.0 Å². The summed E-state index contributed by atoms with van der Waals surface area (Å²) in [5.41, 5.74) is 0.790. The number of hydrogen-bond acceptors (Lipinski definition) is 6. The molecule has 0 aliphatic carbocycles. The molecule has 3 atom stereocenters. The maximum Gasteiger partial charge on any atom is 0.269 e. The van der Waals surface area contributed by atoms with Crippen LogP contribution in [0.25, 0.3) is 0 Å². The molecule has 1 aliphatic rings. The van der Waals surface area contributed by atoms with E-state index in [1.807, 2.05) is 4.90 Å². The maximum atomic E-state index is 10.7. The molecule has 1 saturated heterocycles. The fourth-order valence-electron chi connectivity index (χ4n) is 2.52. The molecule has 0 amide bonds. The summed E-state index contributed by atoms with van der Waals surface area (Å²) in [7, 11) is 0. The molecule has 20 heavy (non-hydrogen) atoms. The Morgan fingerprint density at radius 2 is 2.10 bits per heavy atom. The Morgan fingerprint density at radius 3 is 2.75 bits per heavy atom. The first-order valence-electron chi connectivity index (χ1n) is 6.44. The summed E-state index contributed by atoms with van der Waals surface area (Å²) >= 11 is 0. The van der Waals surface area contributed by atoms with E-state index in [2.05, 4.69) is 0 Å². The lowest BCUT2D eigenvalue weighted by molar-refractivity contribution is -0.384. The molecule has 3 N–H and O–H groups in total. The zero-order chi connectivity index (χ0) is 14.7. The van der Waals surface area contributed by atoms with Crippen molar-refractivity contribution in [2.24, 2.45) is 5.92 Å². The highest BCUT2D eigenvalue weighted by Gasteiger charge is 2.34. The third-order valence-corrected chi connectivity index (χ3v) is 3.58. The highest BCUT2D eigenvalue weighted by molar-refractivity contribution is 5.34. The molecule has 1 fully saturated rings. The number of benzene rings is 1. The number of nitro groups is 1. The molecule has 2 rings (SSSR count). The lowest BCUT2D eigenvalue weighted by atomic mass is 9.93. The van der Waals surface area contributed by atoms with Crippen LogP contribution >= 0.6 is 0 Å². The van der Waals surface area contributed by atoms with Gasteiger partial charge >= 0.3 is 0 Å². The van der Waals surface area contributed by atoms with Gasteiger partial charge in [-0.2, -0.15) is 0 Å². The Kier molecular flexibility index (Phi) is 4.66. The average molecular weight is 282 g/mol. The van der Waals surface area contributed by atoms with Gasteiger partial charge in [0.2, 0.25) is 0 Å². The minimum atomic E-state index is -0.929. The van der Waals surface area contributed by atoms with E-state index in [9.17, 15) is 25.4 Å². The van der Waals surface area contributed by atoms with Crippen LogP contribution in [0.1, 0.15) is 5.56 Å². The second-order valence-electron chi connectivity index (χ2n) is 5.12. The van der Waals surface area contributed by atoms with Crippen molar-refractivity contribution in [3.63, 3.8) is 0 Å². The van der Waals surface area contributed by atoms with E-state index in [0.29, 0.717) is 13.1 Å². The summed E-state index contributed by atoms with van der Waals surface area (Å²) in [6.45, 7) is 0.948. The van der Waals surface area contributed by atoms with Crippen molar-refractivity contribution < 1.29 is 20.2 Å². The van der Waals surface area contributed by atoms with E-state index in [-0.39, 0.29) is 18.8 Å². The van der Waals surface area contributed by atoms with Crippen molar-refractivity contribution in [3.05, 3.63) is 39.9 Å². The van der Waals surface area contributed by atoms with E-state index >= 15 is 0 Å². The highest BCUT2D eigenvalue weighted by atomic mass is 16.6. The molecule has 1 heterocycles. The molecule has 1 aliphatic heterocycles. The quantitative estimate of drug-likeness (QED) is 0.519. The molecular weight excluding hydrogens is 264 g/mol. The van der Waals surface area contributed by atoms with Gasteiger partial charge in [-0.3, -0.25) is 15.0 Å². The standard InChI is InChI=1S/C13H18N2O5/c16-8-10-6-14(7-12(17)13(10)18)5-9-2-1-3-11(4-9)15(19)20/h1-4,10,12-13,16-18H,5-8H2. The summed E-state index contributed by atoms with van der Waals surface area (Å²) in [6, 6.07) is 6.31. The molecule has 0 radical (unpaired) electrons. The normalized spacial score (nSPS) is 27.4. The topological polar surface area (TPSA) is 107 Å². The summed E-state index contributed by atoms with van der Waals surface area (Å²) in [6.07, 6.45) is -1.85. The van der Waals surface area contributed by atoms with Crippen LogP contribution in [-0.2, 0) is 6.54 Å². The van der Waals surface area contributed by atoms with Crippen molar-refractivity contribution in [1.29, 1.82) is 0 Å². The van der Waals surface area contributed by atoms with E-state index in [4.69, 9.17) is 0 Å². The fourth-order valence-corrected chi connectivity index (χ4v) is 2.52. The van der Waals surface area contributed by atoms with Crippen LogP contribution in [0.3, 0.4) is 0 Å². The van der Waals surface area contributed by atoms with E-state index < -0.39 is 23.0 Å². The van der Waals surface area contributed by atoms with Gasteiger partial charge in [0.15, 0.2) is 0 Å². The number of non-ortho nitro benzene ring substituents is 1. The zero-order valence-corrected chi connectivity index (χ0v) is 10.9. The lowest BCUT2D eigenvalue weighted by Gasteiger charge is -2.38.